The molecule has 0 fully saturated rings. The van der Waals surface area contributed by atoms with Crippen LogP contribution >= 0.6 is 0 Å². The number of ether oxygens (including phenoxy) is 1. The van der Waals surface area contributed by atoms with Gasteiger partial charge in [-0.05, 0) is 64.9 Å². The van der Waals surface area contributed by atoms with Crippen molar-refractivity contribution >= 4 is 5.69 Å². The van der Waals surface area contributed by atoms with E-state index in [1.54, 1.807) is 0 Å². The summed E-state index contributed by atoms with van der Waals surface area (Å²) in [5.74, 6) is 0.916. The van der Waals surface area contributed by atoms with E-state index in [0.717, 1.165) is 12.2 Å². The van der Waals surface area contributed by atoms with Crippen molar-refractivity contribution in [1.82, 2.24) is 0 Å². The van der Waals surface area contributed by atoms with Gasteiger partial charge in [-0.1, -0.05) is 0 Å². The molecule has 1 rings (SSSR count). The standard InChI is InChI=1S/C15H26N2O/c1-12(2)18-14-8-6-13(7-9-14)17(5)15(3,4)10-11-16/h6-9,12H,10-11,16H2,1-5H3. The summed E-state index contributed by atoms with van der Waals surface area (Å²) in [4.78, 5) is 2.26. The summed E-state index contributed by atoms with van der Waals surface area (Å²) in [7, 11) is 2.11. The van der Waals surface area contributed by atoms with E-state index in [1.807, 2.05) is 26.0 Å². The SMILES string of the molecule is CC(C)Oc1ccc(N(C)C(C)(C)CCN)cc1. The summed E-state index contributed by atoms with van der Waals surface area (Å²) in [5, 5.41) is 0. The van der Waals surface area contributed by atoms with Gasteiger partial charge < -0.3 is 15.4 Å². The maximum atomic E-state index is 5.66. The molecule has 0 aliphatic rings. The van der Waals surface area contributed by atoms with Crippen molar-refractivity contribution in [3.63, 3.8) is 0 Å². The van der Waals surface area contributed by atoms with Gasteiger partial charge in [-0.2, -0.15) is 0 Å². The number of benzene rings is 1. The molecule has 1 aromatic carbocycles. The van der Waals surface area contributed by atoms with Crippen LogP contribution in [-0.4, -0.2) is 25.2 Å². The summed E-state index contributed by atoms with van der Waals surface area (Å²) in [6.07, 6.45) is 1.18. The topological polar surface area (TPSA) is 38.5 Å². The molecule has 3 nitrogen and oxygen atoms in total. The van der Waals surface area contributed by atoms with Crippen molar-refractivity contribution in [2.24, 2.45) is 5.73 Å². The normalized spacial score (nSPS) is 11.7. The molecule has 0 unspecified atom stereocenters. The average molecular weight is 250 g/mol. The van der Waals surface area contributed by atoms with Crippen LogP contribution in [0.2, 0.25) is 0 Å². The molecule has 0 aromatic heterocycles. The number of nitrogens with zero attached hydrogens (tertiary/aromatic N) is 1. The van der Waals surface area contributed by atoms with Crippen LogP contribution in [0.5, 0.6) is 5.75 Å². The first-order valence-corrected chi connectivity index (χ1v) is 6.57. The Morgan fingerprint density at radius 3 is 2.22 bits per heavy atom. The van der Waals surface area contributed by atoms with E-state index in [0.29, 0.717) is 6.54 Å². The minimum atomic E-state index is 0.0647. The summed E-state index contributed by atoms with van der Waals surface area (Å²) in [6, 6.07) is 8.22. The van der Waals surface area contributed by atoms with E-state index in [2.05, 4.69) is 37.9 Å². The largest absolute Gasteiger partial charge is 0.491 e. The molecule has 0 bridgehead atoms. The van der Waals surface area contributed by atoms with Crippen LogP contribution in [0.3, 0.4) is 0 Å². The Morgan fingerprint density at radius 2 is 1.78 bits per heavy atom. The quantitative estimate of drug-likeness (QED) is 0.843. The first-order chi connectivity index (χ1) is 8.36. The smallest absolute Gasteiger partial charge is 0.119 e. The molecule has 2 N–H and O–H groups in total. The van der Waals surface area contributed by atoms with Gasteiger partial charge in [0.2, 0.25) is 0 Å². The molecule has 0 heterocycles. The number of anilines is 1. The van der Waals surface area contributed by atoms with Gasteiger partial charge in [0.25, 0.3) is 0 Å². The van der Waals surface area contributed by atoms with Crippen molar-refractivity contribution in [2.45, 2.75) is 45.8 Å². The lowest BCUT2D eigenvalue weighted by atomic mass is 9.98. The molecule has 0 atom stereocenters. The molecule has 3 heteroatoms. The van der Waals surface area contributed by atoms with Gasteiger partial charge in [-0.3, -0.25) is 0 Å². The van der Waals surface area contributed by atoms with Crippen molar-refractivity contribution in [3.8, 4) is 5.75 Å². The Hall–Kier alpha value is -1.22. The van der Waals surface area contributed by atoms with Gasteiger partial charge in [-0.15, -0.1) is 0 Å². The van der Waals surface area contributed by atoms with Gasteiger partial charge in [0.15, 0.2) is 0 Å². The molecule has 1 aromatic rings. The summed E-state index contributed by atoms with van der Waals surface area (Å²) in [6.45, 7) is 9.18. The minimum Gasteiger partial charge on any atom is -0.491 e. The third kappa shape index (κ3) is 3.91. The zero-order chi connectivity index (χ0) is 13.8. The lowest BCUT2D eigenvalue weighted by molar-refractivity contribution is 0.242. The van der Waals surface area contributed by atoms with E-state index >= 15 is 0 Å². The second kappa shape index (κ2) is 6.10. The molecule has 0 aliphatic heterocycles. The van der Waals surface area contributed by atoms with Crippen LogP contribution in [0.15, 0.2) is 24.3 Å². The zero-order valence-electron chi connectivity index (χ0n) is 12.2. The fourth-order valence-electron chi connectivity index (χ4n) is 1.89. The van der Waals surface area contributed by atoms with Gasteiger partial charge in [0, 0.05) is 18.3 Å². The van der Waals surface area contributed by atoms with E-state index in [4.69, 9.17) is 10.5 Å². The molecule has 0 saturated carbocycles. The van der Waals surface area contributed by atoms with E-state index in [1.165, 1.54) is 5.69 Å². The van der Waals surface area contributed by atoms with Crippen LogP contribution in [0.4, 0.5) is 5.69 Å². The summed E-state index contributed by atoms with van der Waals surface area (Å²) >= 11 is 0. The second-order valence-electron chi connectivity index (χ2n) is 5.57. The highest BCUT2D eigenvalue weighted by molar-refractivity contribution is 5.50. The van der Waals surface area contributed by atoms with Crippen LogP contribution < -0.4 is 15.4 Å². The lowest BCUT2D eigenvalue weighted by Gasteiger charge is -2.37. The van der Waals surface area contributed by atoms with E-state index < -0.39 is 0 Å². The van der Waals surface area contributed by atoms with Crippen molar-refractivity contribution in [3.05, 3.63) is 24.3 Å². The maximum Gasteiger partial charge on any atom is 0.119 e. The number of nitrogens with two attached hydrogens (primary N) is 1. The summed E-state index contributed by atoms with van der Waals surface area (Å²) < 4.78 is 5.64. The molecular formula is C15H26N2O. The Labute approximate surface area is 111 Å². The molecule has 102 valence electrons. The lowest BCUT2D eigenvalue weighted by Crippen LogP contribution is -2.42. The highest BCUT2D eigenvalue weighted by atomic mass is 16.5. The molecule has 0 radical (unpaired) electrons. The van der Waals surface area contributed by atoms with E-state index in [-0.39, 0.29) is 11.6 Å². The van der Waals surface area contributed by atoms with Crippen molar-refractivity contribution in [2.75, 3.05) is 18.5 Å². The van der Waals surface area contributed by atoms with Crippen molar-refractivity contribution in [1.29, 1.82) is 0 Å². The first kappa shape index (κ1) is 14.8. The van der Waals surface area contributed by atoms with Crippen LogP contribution in [0, 0.1) is 0 Å². The van der Waals surface area contributed by atoms with Crippen molar-refractivity contribution < 1.29 is 4.74 Å². The fraction of sp³-hybridized carbons (Fsp3) is 0.600. The van der Waals surface area contributed by atoms with Crippen LogP contribution in [0.25, 0.3) is 0 Å². The average Bonchev–Trinajstić information content (AvgIpc) is 2.28. The molecule has 0 saturated heterocycles. The molecule has 0 spiro atoms. The third-order valence-electron chi connectivity index (χ3n) is 3.26. The Balaban J connectivity index is 2.78. The zero-order valence-corrected chi connectivity index (χ0v) is 12.2. The van der Waals surface area contributed by atoms with E-state index in [9.17, 15) is 0 Å². The first-order valence-electron chi connectivity index (χ1n) is 6.57. The fourth-order valence-corrected chi connectivity index (χ4v) is 1.89. The second-order valence-corrected chi connectivity index (χ2v) is 5.57. The number of hydrogen-bond donors (Lipinski definition) is 1. The molecular weight excluding hydrogens is 224 g/mol. The van der Waals surface area contributed by atoms with Gasteiger partial charge in [0.1, 0.15) is 5.75 Å². The highest BCUT2D eigenvalue weighted by Crippen LogP contribution is 2.26. The van der Waals surface area contributed by atoms with Gasteiger partial charge in [0.05, 0.1) is 6.10 Å². The predicted octanol–water partition coefficient (Wildman–Crippen LogP) is 3.04. The van der Waals surface area contributed by atoms with Gasteiger partial charge in [-0.25, -0.2) is 0 Å². The molecule has 0 aliphatic carbocycles. The maximum absolute atomic E-state index is 5.66. The highest BCUT2D eigenvalue weighted by Gasteiger charge is 2.22. The van der Waals surface area contributed by atoms with Gasteiger partial charge >= 0.3 is 0 Å². The monoisotopic (exact) mass is 250 g/mol. The number of hydrogen-bond acceptors (Lipinski definition) is 3. The van der Waals surface area contributed by atoms with Crippen LogP contribution in [0.1, 0.15) is 34.1 Å². The molecule has 0 amide bonds. The Bertz CT molecular complexity index is 357. The predicted molar refractivity (Wildman–Crippen MR) is 78.4 cm³/mol. The molecule has 18 heavy (non-hydrogen) atoms. The summed E-state index contributed by atoms with van der Waals surface area (Å²) in [5.41, 5.74) is 6.91. The Kier molecular flexibility index (Phi) is 5.03. The number of rotatable bonds is 6. The van der Waals surface area contributed by atoms with Crippen LogP contribution in [-0.2, 0) is 0 Å². The Morgan fingerprint density at radius 1 is 1.22 bits per heavy atom. The third-order valence-corrected chi connectivity index (χ3v) is 3.26. The minimum absolute atomic E-state index is 0.0647.